The highest BCUT2D eigenvalue weighted by molar-refractivity contribution is 5.75. The molecule has 0 bridgehead atoms. The number of hydrogen-bond donors (Lipinski definition) is 1. The molecule has 0 atom stereocenters. The van der Waals surface area contributed by atoms with Crippen molar-refractivity contribution in [3.05, 3.63) is 52.7 Å². The van der Waals surface area contributed by atoms with Crippen LogP contribution in [0.25, 0.3) is 11.0 Å². The summed E-state index contributed by atoms with van der Waals surface area (Å²) < 4.78 is 4.14. The van der Waals surface area contributed by atoms with Gasteiger partial charge in [0.05, 0.1) is 22.8 Å². The van der Waals surface area contributed by atoms with Gasteiger partial charge in [0, 0.05) is 31.9 Å². The first-order valence-electron chi connectivity index (χ1n) is 10.2. The monoisotopic (exact) mass is 365 g/mol. The van der Waals surface area contributed by atoms with Gasteiger partial charge in [-0.15, -0.1) is 0 Å². The largest absolute Gasteiger partial charge is 0.326 e. The van der Waals surface area contributed by atoms with Crippen molar-refractivity contribution >= 4 is 11.0 Å². The average Bonchev–Trinajstić information content (AvgIpc) is 3.41. The van der Waals surface area contributed by atoms with Gasteiger partial charge in [-0.05, 0) is 43.9 Å². The van der Waals surface area contributed by atoms with Gasteiger partial charge < -0.3 is 4.98 Å². The van der Waals surface area contributed by atoms with E-state index >= 15 is 0 Å². The number of nitrogens with zero attached hydrogens (tertiary/aromatic N) is 4. The summed E-state index contributed by atoms with van der Waals surface area (Å²) in [5.74, 6) is 0. The molecule has 2 aromatic heterocycles. The number of fused-ring (bicyclic) bond motifs is 1. The van der Waals surface area contributed by atoms with E-state index in [0.717, 1.165) is 43.5 Å². The standard InChI is InChI=1S/C21H27N5O/c27-21-22-19-7-3-4-8-20(19)26(21)18-10-12-24(13-11-18)15-16-9-14-25(23-16)17-5-1-2-6-17/h3-4,7-9,14,17-18H,1-2,5-6,10-13,15H2,(H,22,27). The van der Waals surface area contributed by atoms with Crippen LogP contribution in [0.15, 0.2) is 41.3 Å². The van der Waals surface area contributed by atoms with E-state index in [-0.39, 0.29) is 11.7 Å². The van der Waals surface area contributed by atoms with Crippen LogP contribution < -0.4 is 5.69 Å². The maximum Gasteiger partial charge on any atom is 0.326 e. The van der Waals surface area contributed by atoms with Gasteiger partial charge in [0.15, 0.2) is 0 Å². The SMILES string of the molecule is O=c1[nH]c2ccccc2n1C1CCN(Cc2ccn(C3CCCC3)n2)CC1. The van der Waals surface area contributed by atoms with Crippen LogP contribution in [-0.4, -0.2) is 37.3 Å². The lowest BCUT2D eigenvalue weighted by molar-refractivity contribution is 0.177. The smallest absolute Gasteiger partial charge is 0.306 e. The number of aromatic amines is 1. The molecule has 2 fully saturated rings. The highest BCUT2D eigenvalue weighted by Crippen LogP contribution is 2.29. The van der Waals surface area contributed by atoms with Crippen LogP contribution in [0.1, 0.15) is 56.3 Å². The second-order valence-corrected chi connectivity index (χ2v) is 8.05. The van der Waals surface area contributed by atoms with Gasteiger partial charge in [-0.25, -0.2) is 4.79 Å². The number of para-hydroxylation sites is 2. The van der Waals surface area contributed by atoms with Crippen molar-refractivity contribution in [2.75, 3.05) is 13.1 Å². The normalized spacial score (nSPS) is 20.0. The van der Waals surface area contributed by atoms with E-state index in [1.165, 1.54) is 31.4 Å². The molecule has 1 N–H and O–H groups in total. The van der Waals surface area contributed by atoms with Crippen molar-refractivity contribution in [1.82, 2.24) is 24.2 Å². The van der Waals surface area contributed by atoms with Crippen molar-refractivity contribution in [3.8, 4) is 0 Å². The number of imidazole rings is 1. The molecule has 2 aliphatic rings. The van der Waals surface area contributed by atoms with Gasteiger partial charge in [-0.3, -0.25) is 14.1 Å². The molecule has 1 saturated carbocycles. The molecule has 5 rings (SSSR count). The molecule has 6 heteroatoms. The molecule has 1 aromatic carbocycles. The summed E-state index contributed by atoms with van der Waals surface area (Å²) in [6.07, 6.45) is 9.37. The van der Waals surface area contributed by atoms with E-state index in [9.17, 15) is 4.79 Å². The van der Waals surface area contributed by atoms with Crippen LogP contribution in [0.4, 0.5) is 0 Å². The summed E-state index contributed by atoms with van der Waals surface area (Å²) in [6.45, 7) is 2.93. The van der Waals surface area contributed by atoms with Gasteiger partial charge in [0.1, 0.15) is 0 Å². The Balaban J connectivity index is 1.24. The molecule has 0 radical (unpaired) electrons. The van der Waals surface area contributed by atoms with Gasteiger partial charge >= 0.3 is 5.69 Å². The summed E-state index contributed by atoms with van der Waals surface area (Å²) in [7, 11) is 0. The number of likely N-dealkylation sites (tertiary alicyclic amines) is 1. The fourth-order valence-corrected chi connectivity index (χ4v) is 4.84. The Bertz CT molecular complexity index is 970. The second kappa shape index (κ2) is 7.00. The van der Waals surface area contributed by atoms with Crippen LogP contribution >= 0.6 is 0 Å². The first-order valence-corrected chi connectivity index (χ1v) is 10.2. The van der Waals surface area contributed by atoms with Crippen LogP contribution in [0.3, 0.4) is 0 Å². The minimum atomic E-state index is 0.0185. The lowest BCUT2D eigenvalue weighted by Gasteiger charge is -2.32. The molecular weight excluding hydrogens is 338 g/mol. The average molecular weight is 365 g/mol. The van der Waals surface area contributed by atoms with Crippen LogP contribution in [-0.2, 0) is 6.54 Å². The first-order chi connectivity index (χ1) is 13.3. The van der Waals surface area contributed by atoms with Gasteiger partial charge in [-0.2, -0.15) is 5.10 Å². The van der Waals surface area contributed by atoms with E-state index in [2.05, 4.69) is 26.8 Å². The summed E-state index contributed by atoms with van der Waals surface area (Å²) in [6, 6.07) is 11.0. The Morgan fingerprint density at radius 1 is 1.00 bits per heavy atom. The Hall–Kier alpha value is -2.34. The highest BCUT2D eigenvalue weighted by atomic mass is 16.1. The number of piperidine rings is 1. The second-order valence-electron chi connectivity index (χ2n) is 8.05. The lowest BCUT2D eigenvalue weighted by Crippen LogP contribution is -2.36. The van der Waals surface area contributed by atoms with Gasteiger partial charge in [-0.1, -0.05) is 25.0 Å². The molecule has 27 heavy (non-hydrogen) atoms. The maximum atomic E-state index is 12.4. The third-order valence-corrected chi connectivity index (χ3v) is 6.29. The van der Waals surface area contributed by atoms with Crippen molar-refractivity contribution in [2.24, 2.45) is 0 Å². The van der Waals surface area contributed by atoms with Gasteiger partial charge in [0.2, 0.25) is 0 Å². The Kier molecular flexibility index (Phi) is 4.36. The number of H-pyrrole nitrogens is 1. The fourth-order valence-electron chi connectivity index (χ4n) is 4.84. The predicted octanol–water partition coefficient (Wildman–Crippen LogP) is 3.48. The summed E-state index contributed by atoms with van der Waals surface area (Å²) >= 11 is 0. The van der Waals surface area contributed by atoms with Crippen molar-refractivity contribution in [1.29, 1.82) is 0 Å². The number of rotatable bonds is 4. The van der Waals surface area contributed by atoms with Crippen molar-refractivity contribution in [2.45, 2.75) is 57.2 Å². The molecule has 0 amide bonds. The molecule has 142 valence electrons. The molecule has 3 aromatic rings. The third kappa shape index (κ3) is 3.23. The highest BCUT2D eigenvalue weighted by Gasteiger charge is 2.24. The number of benzene rings is 1. The van der Waals surface area contributed by atoms with Gasteiger partial charge in [0.25, 0.3) is 0 Å². The summed E-state index contributed by atoms with van der Waals surface area (Å²) in [4.78, 5) is 17.9. The van der Waals surface area contributed by atoms with E-state index in [1.54, 1.807) is 0 Å². The third-order valence-electron chi connectivity index (χ3n) is 6.29. The number of aromatic nitrogens is 4. The molecule has 3 heterocycles. The Morgan fingerprint density at radius 3 is 2.59 bits per heavy atom. The minimum absolute atomic E-state index is 0.0185. The molecule has 0 spiro atoms. The number of hydrogen-bond acceptors (Lipinski definition) is 3. The topological polar surface area (TPSA) is 58.9 Å². The van der Waals surface area contributed by atoms with Crippen LogP contribution in [0, 0.1) is 0 Å². The molecule has 1 aliphatic carbocycles. The van der Waals surface area contributed by atoms with E-state index in [0.29, 0.717) is 6.04 Å². The Labute approximate surface area is 158 Å². The van der Waals surface area contributed by atoms with Crippen molar-refractivity contribution < 1.29 is 0 Å². The summed E-state index contributed by atoms with van der Waals surface area (Å²) in [5, 5.41) is 4.83. The zero-order valence-electron chi connectivity index (χ0n) is 15.7. The molecule has 1 saturated heterocycles. The maximum absolute atomic E-state index is 12.4. The quantitative estimate of drug-likeness (QED) is 0.770. The van der Waals surface area contributed by atoms with Crippen LogP contribution in [0.2, 0.25) is 0 Å². The van der Waals surface area contributed by atoms with Crippen molar-refractivity contribution in [3.63, 3.8) is 0 Å². The van der Waals surface area contributed by atoms with E-state index < -0.39 is 0 Å². The fraction of sp³-hybridized carbons (Fsp3) is 0.524. The van der Waals surface area contributed by atoms with Crippen LogP contribution in [0.5, 0.6) is 0 Å². The molecule has 6 nitrogen and oxygen atoms in total. The zero-order valence-corrected chi connectivity index (χ0v) is 15.7. The zero-order chi connectivity index (χ0) is 18.2. The predicted molar refractivity (Wildman–Crippen MR) is 106 cm³/mol. The molecule has 0 unspecified atom stereocenters. The first kappa shape index (κ1) is 16.8. The van der Waals surface area contributed by atoms with E-state index in [1.807, 2.05) is 28.8 Å². The molecular formula is C21H27N5O. The lowest BCUT2D eigenvalue weighted by atomic mass is 10.0. The molecule has 1 aliphatic heterocycles. The van der Waals surface area contributed by atoms with E-state index in [4.69, 9.17) is 5.10 Å². The Morgan fingerprint density at radius 2 is 1.78 bits per heavy atom. The number of nitrogens with one attached hydrogen (secondary N) is 1. The summed E-state index contributed by atoms with van der Waals surface area (Å²) in [5.41, 5.74) is 3.15. The minimum Gasteiger partial charge on any atom is -0.306 e.